The lowest BCUT2D eigenvalue weighted by Crippen LogP contribution is -2.53. The molecule has 0 aromatic heterocycles. The second-order valence-corrected chi connectivity index (χ2v) is 5.31. The molecule has 0 bridgehead atoms. The fourth-order valence-electron chi connectivity index (χ4n) is 2.06. The van der Waals surface area contributed by atoms with Gasteiger partial charge in [0.25, 0.3) is 0 Å². The molecule has 0 radical (unpaired) electrons. The Balaban J connectivity index is 2.57. The first kappa shape index (κ1) is 20.4. The van der Waals surface area contributed by atoms with E-state index in [0.29, 0.717) is 12.8 Å². The van der Waals surface area contributed by atoms with Crippen LogP contribution in [-0.4, -0.2) is 48.9 Å². The first-order chi connectivity index (χ1) is 12.0. The number of carbonyl (C=O) groups excluding carboxylic acids is 3. The van der Waals surface area contributed by atoms with E-state index in [1.165, 1.54) is 0 Å². The van der Waals surface area contributed by atoms with Crippen LogP contribution in [0.25, 0.3) is 0 Å². The number of hydrogen-bond acceptors (Lipinski definition) is 6. The normalized spacial score (nSPS) is 12.6. The number of nitrogens with one attached hydrogen (secondary N) is 2. The summed E-state index contributed by atoms with van der Waals surface area (Å²) in [7, 11) is 1.15. The minimum atomic E-state index is -1.18. The van der Waals surface area contributed by atoms with Crippen LogP contribution in [0.3, 0.4) is 0 Å². The largest absolute Gasteiger partial charge is 0.467 e. The van der Waals surface area contributed by atoms with Crippen molar-refractivity contribution in [2.75, 3.05) is 13.7 Å². The third-order valence-electron chi connectivity index (χ3n) is 3.38. The molecule has 0 aliphatic rings. The monoisotopic (exact) mass is 352 g/mol. The average molecular weight is 352 g/mol. The zero-order chi connectivity index (χ0) is 18.7. The lowest BCUT2D eigenvalue weighted by atomic mass is 10.1. The second kappa shape index (κ2) is 11.0. The number of alkyl carbamates (subject to hydrolysis) is 1. The Bertz CT molecular complexity index is 564. The van der Waals surface area contributed by atoms with Gasteiger partial charge in [-0.1, -0.05) is 43.7 Å². The summed E-state index contributed by atoms with van der Waals surface area (Å²) in [6.45, 7) is 1.32. The molecule has 0 aliphatic carbocycles. The van der Waals surface area contributed by atoms with Crippen LogP contribution in [0.5, 0.6) is 0 Å². The van der Waals surface area contributed by atoms with Crippen LogP contribution >= 0.6 is 0 Å². The van der Waals surface area contributed by atoms with Crippen molar-refractivity contribution < 1.29 is 29.0 Å². The Kier molecular flexibility index (Phi) is 9.02. The summed E-state index contributed by atoms with van der Waals surface area (Å²) in [5, 5.41) is 14.0. The molecule has 0 aliphatic heterocycles. The number of hydrogen-bond donors (Lipinski definition) is 3. The molecule has 0 saturated heterocycles. The SMILES string of the molecule is CCCC(NC(=O)OCc1ccccc1)C(=O)N[C@@H](CO)C(=O)OC. The number of ether oxygens (including phenoxy) is 2. The summed E-state index contributed by atoms with van der Waals surface area (Å²) in [5.41, 5.74) is 0.820. The minimum absolute atomic E-state index is 0.0779. The van der Waals surface area contributed by atoms with E-state index in [1.54, 1.807) is 0 Å². The lowest BCUT2D eigenvalue weighted by Gasteiger charge is -2.20. The molecule has 0 fully saturated rings. The van der Waals surface area contributed by atoms with E-state index in [2.05, 4.69) is 15.4 Å². The quantitative estimate of drug-likeness (QED) is 0.565. The topological polar surface area (TPSA) is 114 Å². The van der Waals surface area contributed by atoms with Gasteiger partial charge in [-0.05, 0) is 12.0 Å². The van der Waals surface area contributed by atoms with Gasteiger partial charge < -0.3 is 25.2 Å². The third-order valence-corrected chi connectivity index (χ3v) is 3.38. The number of rotatable bonds is 9. The molecule has 8 nitrogen and oxygen atoms in total. The summed E-state index contributed by atoms with van der Waals surface area (Å²) in [4.78, 5) is 35.6. The molecular weight excluding hydrogens is 328 g/mol. The van der Waals surface area contributed by atoms with Gasteiger partial charge >= 0.3 is 12.1 Å². The molecule has 2 atom stereocenters. The molecule has 25 heavy (non-hydrogen) atoms. The third kappa shape index (κ3) is 7.21. The molecular formula is C17H24N2O6. The number of carbonyl (C=O) groups is 3. The van der Waals surface area contributed by atoms with Crippen LogP contribution in [0, 0.1) is 0 Å². The van der Waals surface area contributed by atoms with Gasteiger partial charge in [0.05, 0.1) is 13.7 Å². The highest BCUT2D eigenvalue weighted by atomic mass is 16.5. The van der Waals surface area contributed by atoms with E-state index < -0.39 is 36.7 Å². The highest BCUT2D eigenvalue weighted by Crippen LogP contribution is 2.03. The zero-order valence-corrected chi connectivity index (χ0v) is 14.4. The second-order valence-electron chi connectivity index (χ2n) is 5.31. The average Bonchev–Trinajstić information content (AvgIpc) is 2.64. The van der Waals surface area contributed by atoms with Crippen LogP contribution in [0.15, 0.2) is 30.3 Å². The molecule has 1 rings (SSSR count). The van der Waals surface area contributed by atoms with Crippen molar-refractivity contribution in [3.8, 4) is 0 Å². The summed E-state index contributed by atoms with van der Waals surface area (Å²) < 4.78 is 9.57. The van der Waals surface area contributed by atoms with E-state index in [0.717, 1.165) is 12.7 Å². The molecule has 1 unspecified atom stereocenters. The van der Waals surface area contributed by atoms with Gasteiger partial charge in [0.1, 0.15) is 12.6 Å². The molecule has 1 aromatic carbocycles. The van der Waals surface area contributed by atoms with Crippen molar-refractivity contribution >= 4 is 18.0 Å². The summed E-state index contributed by atoms with van der Waals surface area (Å²) >= 11 is 0. The van der Waals surface area contributed by atoms with Gasteiger partial charge in [0, 0.05) is 0 Å². The van der Waals surface area contributed by atoms with Crippen molar-refractivity contribution in [3.05, 3.63) is 35.9 Å². The zero-order valence-electron chi connectivity index (χ0n) is 14.4. The molecule has 0 saturated carbocycles. The number of benzene rings is 1. The summed E-state index contributed by atoms with van der Waals surface area (Å²) in [6, 6.07) is 7.06. The first-order valence-electron chi connectivity index (χ1n) is 7.98. The Morgan fingerprint density at radius 1 is 1.12 bits per heavy atom. The van der Waals surface area contributed by atoms with Gasteiger partial charge in [0.15, 0.2) is 6.04 Å². The van der Waals surface area contributed by atoms with Crippen LogP contribution in [0.4, 0.5) is 4.79 Å². The Labute approximate surface area is 146 Å². The number of aliphatic hydroxyl groups is 1. The number of aliphatic hydroxyl groups excluding tert-OH is 1. The van der Waals surface area contributed by atoms with Crippen LogP contribution in [-0.2, 0) is 25.7 Å². The Hall–Kier alpha value is -2.61. The summed E-state index contributed by atoms with van der Waals surface area (Å²) in [5.74, 6) is -1.36. The van der Waals surface area contributed by atoms with Crippen molar-refractivity contribution in [1.82, 2.24) is 10.6 Å². The van der Waals surface area contributed by atoms with Crippen molar-refractivity contribution in [3.63, 3.8) is 0 Å². The van der Waals surface area contributed by atoms with E-state index in [9.17, 15) is 14.4 Å². The van der Waals surface area contributed by atoms with Gasteiger partial charge in [-0.25, -0.2) is 9.59 Å². The molecule has 1 aromatic rings. The maximum Gasteiger partial charge on any atom is 0.408 e. The van der Waals surface area contributed by atoms with E-state index in [4.69, 9.17) is 9.84 Å². The fraction of sp³-hybridized carbons (Fsp3) is 0.471. The molecule has 2 amide bonds. The number of methoxy groups -OCH3 is 1. The van der Waals surface area contributed by atoms with E-state index in [-0.39, 0.29) is 6.61 Å². The fourth-order valence-corrected chi connectivity index (χ4v) is 2.06. The maximum atomic E-state index is 12.2. The van der Waals surface area contributed by atoms with Gasteiger partial charge in [-0.2, -0.15) is 0 Å². The number of esters is 1. The van der Waals surface area contributed by atoms with Gasteiger partial charge in [0.2, 0.25) is 5.91 Å². The predicted molar refractivity (Wildman–Crippen MR) is 89.5 cm³/mol. The van der Waals surface area contributed by atoms with Crippen molar-refractivity contribution in [2.45, 2.75) is 38.5 Å². The standard InChI is InChI=1S/C17H24N2O6/c1-3-7-13(15(21)18-14(10-20)16(22)24-2)19-17(23)25-11-12-8-5-4-6-9-12/h4-6,8-9,13-14,20H,3,7,10-11H2,1-2H3,(H,18,21)(H,19,23)/t13?,14-/m0/s1. The molecule has 3 N–H and O–H groups in total. The van der Waals surface area contributed by atoms with Crippen molar-refractivity contribution in [2.24, 2.45) is 0 Å². The highest BCUT2D eigenvalue weighted by Gasteiger charge is 2.26. The molecule has 0 spiro atoms. The predicted octanol–water partition coefficient (Wildman–Crippen LogP) is 0.732. The summed E-state index contributed by atoms with van der Waals surface area (Å²) in [6.07, 6.45) is 0.237. The van der Waals surface area contributed by atoms with Crippen LogP contribution < -0.4 is 10.6 Å². The minimum Gasteiger partial charge on any atom is -0.467 e. The smallest absolute Gasteiger partial charge is 0.408 e. The first-order valence-corrected chi connectivity index (χ1v) is 7.98. The van der Waals surface area contributed by atoms with Gasteiger partial charge in [-0.3, -0.25) is 4.79 Å². The molecule has 8 heteroatoms. The van der Waals surface area contributed by atoms with Crippen LogP contribution in [0.1, 0.15) is 25.3 Å². The Morgan fingerprint density at radius 2 is 1.80 bits per heavy atom. The maximum absolute atomic E-state index is 12.2. The van der Waals surface area contributed by atoms with E-state index in [1.807, 2.05) is 37.3 Å². The van der Waals surface area contributed by atoms with Crippen molar-refractivity contribution in [1.29, 1.82) is 0 Å². The van der Waals surface area contributed by atoms with Gasteiger partial charge in [-0.15, -0.1) is 0 Å². The van der Waals surface area contributed by atoms with Crippen LogP contribution in [0.2, 0.25) is 0 Å². The van der Waals surface area contributed by atoms with E-state index >= 15 is 0 Å². The lowest BCUT2D eigenvalue weighted by molar-refractivity contribution is -0.146. The molecule has 0 heterocycles. The highest BCUT2D eigenvalue weighted by molar-refractivity contribution is 5.89. The number of amides is 2. The molecule has 138 valence electrons. The Morgan fingerprint density at radius 3 is 2.36 bits per heavy atom.